The molecule has 0 radical (unpaired) electrons. The van der Waals surface area contributed by atoms with Crippen molar-refractivity contribution in [3.63, 3.8) is 0 Å². The first kappa shape index (κ1) is 14.2. The fourth-order valence-corrected chi connectivity index (χ4v) is 2.99. The van der Waals surface area contributed by atoms with E-state index in [-0.39, 0.29) is 11.9 Å². The van der Waals surface area contributed by atoms with Crippen molar-refractivity contribution >= 4 is 50.8 Å². The summed E-state index contributed by atoms with van der Waals surface area (Å²) in [4.78, 5) is 12.5. The van der Waals surface area contributed by atoms with Crippen molar-refractivity contribution in [1.29, 1.82) is 0 Å². The van der Waals surface area contributed by atoms with E-state index < -0.39 is 0 Å². The van der Waals surface area contributed by atoms with Crippen LogP contribution in [0.3, 0.4) is 0 Å². The van der Waals surface area contributed by atoms with Crippen molar-refractivity contribution in [2.45, 2.75) is 0 Å². The summed E-state index contributed by atoms with van der Waals surface area (Å²) in [6.45, 7) is 0. The molecule has 0 bridgehead atoms. The molecule has 0 aliphatic carbocycles. The van der Waals surface area contributed by atoms with Crippen LogP contribution in [0.2, 0.25) is 5.02 Å². The van der Waals surface area contributed by atoms with Crippen LogP contribution in [0.4, 0.5) is 6.01 Å². The van der Waals surface area contributed by atoms with Gasteiger partial charge >= 0.3 is 6.01 Å². The molecular formula is C13H7BrClN3O2S. The molecule has 0 aliphatic heterocycles. The van der Waals surface area contributed by atoms with E-state index in [0.29, 0.717) is 15.8 Å². The molecule has 2 heterocycles. The van der Waals surface area contributed by atoms with Gasteiger partial charge in [0.25, 0.3) is 5.91 Å². The Balaban J connectivity index is 1.76. The molecule has 3 rings (SSSR count). The van der Waals surface area contributed by atoms with Gasteiger partial charge in [-0.2, -0.15) is 0 Å². The summed E-state index contributed by atoms with van der Waals surface area (Å²) >= 11 is 10.4. The minimum atomic E-state index is -0.294. The van der Waals surface area contributed by atoms with Crippen LogP contribution >= 0.6 is 38.9 Å². The van der Waals surface area contributed by atoms with Crippen LogP contribution in [0, 0.1) is 0 Å². The summed E-state index contributed by atoms with van der Waals surface area (Å²) in [6.07, 6.45) is 0. The SMILES string of the molecule is O=C(Nc1nnc(-c2ccc(Cl)cc2)o1)c1ccc(Br)s1. The number of thiophene rings is 1. The molecule has 1 amide bonds. The molecule has 3 aromatic rings. The van der Waals surface area contributed by atoms with Crippen molar-refractivity contribution in [3.8, 4) is 11.5 Å². The van der Waals surface area contributed by atoms with Crippen molar-refractivity contribution in [3.05, 3.63) is 50.1 Å². The molecule has 5 nitrogen and oxygen atoms in total. The summed E-state index contributed by atoms with van der Waals surface area (Å²) in [6, 6.07) is 10.5. The normalized spacial score (nSPS) is 10.6. The molecule has 0 unspecified atom stereocenters. The number of carbonyl (C=O) groups excluding carboxylic acids is 1. The Kier molecular flexibility index (Phi) is 4.05. The lowest BCUT2D eigenvalue weighted by Gasteiger charge is -1.97. The molecule has 0 saturated heterocycles. The molecule has 21 heavy (non-hydrogen) atoms. The standard InChI is InChI=1S/C13H7BrClN3O2S/c14-10-6-5-9(21-10)11(19)16-13-18-17-12(20-13)7-1-3-8(15)4-2-7/h1-6H,(H,16,18,19). The van der Waals surface area contributed by atoms with Gasteiger partial charge in [-0.3, -0.25) is 10.1 Å². The van der Waals surface area contributed by atoms with Crippen LogP contribution in [0.5, 0.6) is 0 Å². The first-order chi connectivity index (χ1) is 10.1. The summed E-state index contributed by atoms with van der Waals surface area (Å²) in [7, 11) is 0. The highest BCUT2D eigenvalue weighted by Crippen LogP contribution is 2.24. The van der Waals surface area contributed by atoms with E-state index in [9.17, 15) is 4.79 Å². The smallest absolute Gasteiger partial charge is 0.322 e. The number of hydrogen-bond donors (Lipinski definition) is 1. The van der Waals surface area contributed by atoms with Gasteiger partial charge in [0.1, 0.15) is 0 Å². The molecule has 0 saturated carbocycles. The third kappa shape index (κ3) is 3.31. The van der Waals surface area contributed by atoms with E-state index >= 15 is 0 Å². The van der Waals surface area contributed by atoms with Gasteiger partial charge in [-0.25, -0.2) is 0 Å². The second kappa shape index (κ2) is 5.97. The molecule has 1 aromatic carbocycles. The zero-order valence-electron chi connectivity index (χ0n) is 10.3. The molecular weight excluding hydrogens is 378 g/mol. The van der Waals surface area contributed by atoms with E-state index in [0.717, 1.165) is 9.35 Å². The van der Waals surface area contributed by atoms with Crippen LogP contribution in [-0.2, 0) is 0 Å². The van der Waals surface area contributed by atoms with Crippen molar-refractivity contribution in [2.24, 2.45) is 0 Å². The summed E-state index contributed by atoms with van der Waals surface area (Å²) in [5.74, 6) is 0.0198. The quantitative estimate of drug-likeness (QED) is 0.723. The van der Waals surface area contributed by atoms with Crippen LogP contribution in [-0.4, -0.2) is 16.1 Å². The van der Waals surface area contributed by atoms with E-state index in [1.54, 1.807) is 36.4 Å². The van der Waals surface area contributed by atoms with Gasteiger partial charge in [0.05, 0.1) is 8.66 Å². The number of carbonyl (C=O) groups is 1. The summed E-state index contributed by atoms with van der Waals surface area (Å²) in [5, 5.41) is 10.9. The summed E-state index contributed by atoms with van der Waals surface area (Å²) in [5.41, 5.74) is 0.728. The van der Waals surface area contributed by atoms with Gasteiger partial charge in [0, 0.05) is 10.6 Å². The summed E-state index contributed by atoms with van der Waals surface area (Å²) < 4.78 is 6.28. The molecule has 8 heteroatoms. The number of nitrogens with one attached hydrogen (secondary N) is 1. The monoisotopic (exact) mass is 383 g/mol. The van der Waals surface area contributed by atoms with Gasteiger partial charge in [-0.1, -0.05) is 16.7 Å². The molecule has 2 aromatic heterocycles. The Bertz CT molecular complexity index is 785. The molecule has 106 valence electrons. The minimum absolute atomic E-state index is 0.0504. The zero-order valence-corrected chi connectivity index (χ0v) is 13.5. The van der Waals surface area contributed by atoms with Crippen LogP contribution in [0.15, 0.2) is 44.6 Å². The van der Waals surface area contributed by atoms with E-state index in [1.807, 2.05) is 0 Å². The van der Waals surface area contributed by atoms with E-state index in [4.69, 9.17) is 16.0 Å². The molecule has 0 spiro atoms. The first-order valence-corrected chi connectivity index (χ1v) is 7.77. The Morgan fingerprint density at radius 2 is 1.95 bits per heavy atom. The maximum Gasteiger partial charge on any atom is 0.322 e. The lowest BCUT2D eigenvalue weighted by molar-refractivity contribution is 0.102. The minimum Gasteiger partial charge on any atom is -0.403 e. The molecule has 1 N–H and O–H groups in total. The number of amides is 1. The van der Waals surface area contributed by atoms with E-state index in [1.165, 1.54) is 11.3 Å². The number of rotatable bonds is 3. The van der Waals surface area contributed by atoms with Gasteiger partial charge in [-0.15, -0.1) is 16.4 Å². The van der Waals surface area contributed by atoms with E-state index in [2.05, 4.69) is 31.4 Å². The average molecular weight is 385 g/mol. The van der Waals surface area contributed by atoms with Crippen molar-refractivity contribution in [2.75, 3.05) is 5.32 Å². The molecule has 0 atom stereocenters. The second-order valence-electron chi connectivity index (χ2n) is 3.98. The number of anilines is 1. The Hall–Kier alpha value is -1.70. The predicted molar refractivity (Wildman–Crippen MR) is 84.7 cm³/mol. The lowest BCUT2D eigenvalue weighted by Crippen LogP contribution is -2.10. The topological polar surface area (TPSA) is 68.0 Å². The third-order valence-electron chi connectivity index (χ3n) is 2.53. The van der Waals surface area contributed by atoms with Gasteiger partial charge in [-0.05, 0) is 52.3 Å². The average Bonchev–Trinajstić information content (AvgIpc) is 3.09. The molecule has 0 fully saturated rings. The number of hydrogen-bond acceptors (Lipinski definition) is 5. The third-order valence-corrected chi connectivity index (χ3v) is 4.41. The van der Waals surface area contributed by atoms with Crippen LogP contribution in [0.1, 0.15) is 9.67 Å². The Morgan fingerprint density at radius 3 is 2.62 bits per heavy atom. The van der Waals surface area contributed by atoms with Crippen molar-refractivity contribution < 1.29 is 9.21 Å². The predicted octanol–water partition coefficient (Wildman–Crippen LogP) is 4.47. The Morgan fingerprint density at radius 1 is 1.19 bits per heavy atom. The first-order valence-electron chi connectivity index (χ1n) is 5.78. The zero-order chi connectivity index (χ0) is 14.8. The highest BCUT2D eigenvalue weighted by Gasteiger charge is 2.14. The maximum absolute atomic E-state index is 12.0. The lowest BCUT2D eigenvalue weighted by atomic mass is 10.2. The number of aromatic nitrogens is 2. The highest BCUT2D eigenvalue weighted by molar-refractivity contribution is 9.11. The van der Waals surface area contributed by atoms with Crippen LogP contribution in [0.25, 0.3) is 11.5 Å². The second-order valence-corrected chi connectivity index (χ2v) is 6.88. The largest absolute Gasteiger partial charge is 0.403 e. The fraction of sp³-hybridized carbons (Fsp3) is 0. The fourth-order valence-electron chi connectivity index (χ4n) is 1.58. The van der Waals surface area contributed by atoms with Gasteiger partial charge in [0.2, 0.25) is 5.89 Å². The molecule has 0 aliphatic rings. The highest BCUT2D eigenvalue weighted by atomic mass is 79.9. The number of nitrogens with zero attached hydrogens (tertiary/aromatic N) is 2. The van der Waals surface area contributed by atoms with Crippen molar-refractivity contribution in [1.82, 2.24) is 10.2 Å². The van der Waals surface area contributed by atoms with Gasteiger partial charge < -0.3 is 4.42 Å². The number of benzene rings is 1. The van der Waals surface area contributed by atoms with Gasteiger partial charge in [0.15, 0.2) is 0 Å². The maximum atomic E-state index is 12.0. The number of halogens is 2. The van der Waals surface area contributed by atoms with Crippen LogP contribution < -0.4 is 5.32 Å². The Labute approximate surface area is 137 Å².